The zero-order valence-corrected chi connectivity index (χ0v) is 8.10. The average Bonchev–Trinajstić information content (AvgIpc) is 2.81. The van der Waals surface area contributed by atoms with Gasteiger partial charge in [0.1, 0.15) is 5.00 Å². The monoisotopic (exact) mass is 199 g/mol. The molecule has 4 N–H and O–H groups in total. The van der Waals surface area contributed by atoms with Gasteiger partial charge in [0.15, 0.2) is 5.13 Å². The van der Waals surface area contributed by atoms with Gasteiger partial charge in [-0.05, 0) is 12.8 Å². The summed E-state index contributed by atoms with van der Waals surface area (Å²) in [5.41, 5.74) is 5.66. The molecule has 0 unspecified atom stereocenters. The van der Waals surface area contributed by atoms with E-state index in [1.54, 1.807) is 6.20 Å². The van der Waals surface area contributed by atoms with E-state index in [9.17, 15) is 0 Å². The Morgan fingerprint density at radius 3 is 2.92 bits per heavy atom. The first kappa shape index (κ1) is 8.77. The maximum absolute atomic E-state index is 9.06. The molecule has 0 bridgehead atoms. The predicted molar refractivity (Wildman–Crippen MR) is 53.8 cm³/mol. The van der Waals surface area contributed by atoms with Gasteiger partial charge in [0, 0.05) is 12.0 Å². The number of aliphatic hydroxyl groups is 1. The van der Waals surface area contributed by atoms with Crippen molar-refractivity contribution in [3.05, 3.63) is 6.20 Å². The normalized spacial score (nSPS) is 18.5. The number of hydrogen-bond acceptors (Lipinski definition) is 5. The quantitative estimate of drug-likeness (QED) is 0.674. The second-order valence-corrected chi connectivity index (χ2v) is 4.64. The first-order valence-corrected chi connectivity index (χ1v) is 5.12. The van der Waals surface area contributed by atoms with Crippen LogP contribution in [0.5, 0.6) is 0 Å². The lowest BCUT2D eigenvalue weighted by Gasteiger charge is -2.11. The van der Waals surface area contributed by atoms with Crippen LogP contribution in [0.3, 0.4) is 0 Å². The molecule has 1 fully saturated rings. The maximum atomic E-state index is 9.06. The molecule has 0 radical (unpaired) electrons. The molecule has 1 aliphatic rings. The Hall–Kier alpha value is -0.810. The van der Waals surface area contributed by atoms with Crippen molar-refractivity contribution in [3.63, 3.8) is 0 Å². The Morgan fingerprint density at radius 1 is 1.69 bits per heavy atom. The molecule has 0 spiro atoms. The van der Waals surface area contributed by atoms with Crippen molar-refractivity contribution in [1.29, 1.82) is 0 Å². The molecule has 2 rings (SSSR count). The molecule has 1 aromatic rings. The summed E-state index contributed by atoms with van der Waals surface area (Å²) < 4.78 is 0. The van der Waals surface area contributed by atoms with E-state index in [1.165, 1.54) is 11.3 Å². The lowest BCUT2D eigenvalue weighted by atomic mass is 10.1. The summed E-state index contributed by atoms with van der Waals surface area (Å²) in [6.07, 6.45) is 3.86. The average molecular weight is 199 g/mol. The van der Waals surface area contributed by atoms with E-state index in [1.807, 2.05) is 0 Å². The topological polar surface area (TPSA) is 71.2 Å². The van der Waals surface area contributed by atoms with Crippen molar-refractivity contribution in [2.45, 2.75) is 12.8 Å². The van der Waals surface area contributed by atoms with Crippen molar-refractivity contribution < 1.29 is 5.11 Å². The van der Waals surface area contributed by atoms with Crippen molar-refractivity contribution >= 4 is 21.5 Å². The van der Waals surface area contributed by atoms with Crippen LogP contribution in [-0.2, 0) is 0 Å². The van der Waals surface area contributed by atoms with Gasteiger partial charge in [-0.3, -0.25) is 0 Å². The van der Waals surface area contributed by atoms with Gasteiger partial charge in [-0.2, -0.15) is 0 Å². The zero-order chi connectivity index (χ0) is 9.31. The van der Waals surface area contributed by atoms with Crippen molar-refractivity contribution in [2.24, 2.45) is 5.41 Å². The highest BCUT2D eigenvalue weighted by Crippen LogP contribution is 2.45. The fourth-order valence-corrected chi connectivity index (χ4v) is 1.78. The van der Waals surface area contributed by atoms with E-state index in [4.69, 9.17) is 10.8 Å². The number of hydrogen-bond donors (Lipinski definition) is 3. The minimum atomic E-state index is 0.125. The largest absolute Gasteiger partial charge is 0.396 e. The van der Waals surface area contributed by atoms with Crippen LogP contribution in [0.4, 0.5) is 10.1 Å². The van der Waals surface area contributed by atoms with Gasteiger partial charge in [-0.25, -0.2) is 4.98 Å². The molecule has 0 saturated heterocycles. The Kier molecular flexibility index (Phi) is 2.13. The third kappa shape index (κ3) is 1.92. The van der Waals surface area contributed by atoms with Gasteiger partial charge in [-0.1, -0.05) is 11.3 Å². The predicted octanol–water partition coefficient (Wildman–Crippen LogP) is 0.910. The van der Waals surface area contributed by atoms with Crippen molar-refractivity contribution in [3.8, 4) is 0 Å². The van der Waals surface area contributed by atoms with Crippen LogP contribution in [-0.4, -0.2) is 23.2 Å². The van der Waals surface area contributed by atoms with E-state index < -0.39 is 0 Å². The first-order chi connectivity index (χ1) is 6.24. The molecule has 5 heteroatoms. The molecule has 4 nitrogen and oxygen atoms in total. The number of nitrogens with two attached hydrogens (primary N) is 1. The first-order valence-electron chi connectivity index (χ1n) is 4.30. The van der Waals surface area contributed by atoms with E-state index in [0.29, 0.717) is 0 Å². The van der Waals surface area contributed by atoms with E-state index >= 15 is 0 Å². The molecule has 0 aliphatic heterocycles. The Bertz CT molecular complexity index is 295. The van der Waals surface area contributed by atoms with Gasteiger partial charge in [0.2, 0.25) is 0 Å². The number of thiazole rings is 1. The highest BCUT2D eigenvalue weighted by Gasteiger charge is 2.41. The molecule has 0 amide bonds. The van der Waals surface area contributed by atoms with Crippen LogP contribution in [0.1, 0.15) is 12.8 Å². The number of nitrogen functional groups attached to an aromatic ring is 1. The summed E-state index contributed by atoms with van der Waals surface area (Å²) in [7, 11) is 0. The molecule has 1 aliphatic carbocycles. The number of rotatable bonds is 4. The summed E-state index contributed by atoms with van der Waals surface area (Å²) in [5, 5.41) is 13.8. The van der Waals surface area contributed by atoms with Crippen LogP contribution in [0.25, 0.3) is 0 Å². The standard InChI is InChI=1S/C8H13N3OS/c9-6-3-10-7(13-6)11-4-8(5-12)1-2-8/h3,12H,1-2,4-5,9H2,(H,10,11). The fraction of sp³-hybridized carbons (Fsp3) is 0.625. The third-order valence-corrected chi connectivity index (χ3v) is 3.21. The van der Waals surface area contributed by atoms with E-state index in [0.717, 1.165) is 29.5 Å². The highest BCUT2D eigenvalue weighted by atomic mass is 32.1. The molecule has 13 heavy (non-hydrogen) atoms. The van der Waals surface area contributed by atoms with Crippen LogP contribution in [0, 0.1) is 5.41 Å². The number of nitrogens with zero attached hydrogens (tertiary/aromatic N) is 1. The van der Waals surface area contributed by atoms with Gasteiger partial charge in [0.05, 0.1) is 12.8 Å². The maximum Gasteiger partial charge on any atom is 0.184 e. The smallest absolute Gasteiger partial charge is 0.184 e. The molecular formula is C8H13N3OS. The summed E-state index contributed by atoms with van der Waals surface area (Å²) in [6, 6.07) is 0. The fourth-order valence-electron chi connectivity index (χ4n) is 1.20. The van der Waals surface area contributed by atoms with E-state index in [2.05, 4.69) is 10.3 Å². The number of anilines is 2. The second-order valence-electron chi connectivity index (χ2n) is 3.58. The molecule has 72 valence electrons. The summed E-state index contributed by atoms with van der Waals surface area (Å²) in [4.78, 5) is 4.08. The van der Waals surface area contributed by atoms with Gasteiger partial charge < -0.3 is 16.2 Å². The van der Waals surface area contributed by atoms with Crippen molar-refractivity contribution in [1.82, 2.24) is 4.98 Å². The Balaban J connectivity index is 1.86. The Labute approximate surface area is 80.8 Å². The second kappa shape index (κ2) is 3.16. The number of aromatic nitrogens is 1. The van der Waals surface area contributed by atoms with Crippen LogP contribution in [0.15, 0.2) is 6.20 Å². The Morgan fingerprint density at radius 2 is 2.46 bits per heavy atom. The number of nitrogens with one attached hydrogen (secondary N) is 1. The van der Waals surface area contributed by atoms with Crippen LogP contribution in [0.2, 0.25) is 0 Å². The summed E-state index contributed by atoms with van der Waals surface area (Å²) >= 11 is 1.44. The summed E-state index contributed by atoms with van der Waals surface area (Å²) in [6.45, 7) is 1.07. The van der Waals surface area contributed by atoms with Crippen molar-refractivity contribution in [2.75, 3.05) is 24.2 Å². The van der Waals surface area contributed by atoms with E-state index in [-0.39, 0.29) is 12.0 Å². The zero-order valence-electron chi connectivity index (χ0n) is 7.29. The number of aliphatic hydroxyl groups excluding tert-OH is 1. The van der Waals surface area contributed by atoms with Gasteiger partial charge >= 0.3 is 0 Å². The SMILES string of the molecule is Nc1cnc(NCC2(CO)CC2)s1. The van der Waals surface area contributed by atoms with Crippen LogP contribution < -0.4 is 11.1 Å². The molecule has 0 aromatic carbocycles. The molecule has 1 heterocycles. The third-order valence-electron chi connectivity index (χ3n) is 2.43. The summed E-state index contributed by atoms with van der Waals surface area (Å²) in [5.74, 6) is 0. The molecule has 1 saturated carbocycles. The molecule has 1 aromatic heterocycles. The minimum absolute atomic E-state index is 0.125. The molecule has 0 atom stereocenters. The lowest BCUT2D eigenvalue weighted by Crippen LogP contribution is -2.18. The lowest BCUT2D eigenvalue weighted by molar-refractivity contribution is 0.220. The molecular weight excluding hydrogens is 186 g/mol. The highest BCUT2D eigenvalue weighted by molar-refractivity contribution is 7.19. The van der Waals surface area contributed by atoms with Gasteiger partial charge in [-0.15, -0.1) is 0 Å². The minimum Gasteiger partial charge on any atom is -0.396 e. The van der Waals surface area contributed by atoms with Crippen LogP contribution >= 0.6 is 11.3 Å². The van der Waals surface area contributed by atoms with Gasteiger partial charge in [0.25, 0.3) is 0 Å².